The van der Waals surface area contributed by atoms with Crippen molar-refractivity contribution in [2.45, 2.75) is 63.3 Å². The summed E-state index contributed by atoms with van der Waals surface area (Å²) in [5.74, 6) is 4.53. The summed E-state index contributed by atoms with van der Waals surface area (Å²) in [6.45, 7) is 0. The molecule has 3 fully saturated rings. The van der Waals surface area contributed by atoms with Crippen LogP contribution in [0.1, 0.15) is 63.1 Å². The Morgan fingerprint density at radius 1 is 1.09 bits per heavy atom. The second kappa shape index (κ2) is 5.18. The van der Waals surface area contributed by atoms with Crippen LogP contribution in [0.4, 0.5) is 5.82 Å². The second-order valence-electron chi connectivity index (χ2n) is 7.83. The Hall–Kier alpha value is -1.65. The van der Waals surface area contributed by atoms with Crippen molar-refractivity contribution in [1.29, 1.82) is 0 Å². The Labute approximate surface area is 136 Å². The smallest absolute Gasteiger partial charge is 0.165 e. The van der Waals surface area contributed by atoms with Gasteiger partial charge in [-0.15, -0.1) is 0 Å². The second-order valence-corrected chi connectivity index (χ2v) is 7.83. The van der Waals surface area contributed by atoms with Crippen LogP contribution in [0.5, 0.6) is 0 Å². The minimum atomic E-state index is 0.587. The number of nitrogens with zero attached hydrogens (tertiary/aromatic N) is 4. The number of aryl methyl sites for hydroxylation is 1. The van der Waals surface area contributed by atoms with Crippen LogP contribution in [0.25, 0.3) is 11.2 Å². The highest BCUT2D eigenvalue weighted by Crippen LogP contribution is 2.45. The van der Waals surface area contributed by atoms with E-state index in [4.69, 9.17) is 4.98 Å². The average molecular weight is 311 g/mol. The molecule has 0 saturated heterocycles. The van der Waals surface area contributed by atoms with E-state index in [2.05, 4.69) is 26.9 Å². The van der Waals surface area contributed by atoms with Crippen LogP contribution < -0.4 is 5.32 Å². The number of anilines is 1. The summed E-state index contributed by atoms with van der Waals surface area (Å²) >= 11 is 0. The molecule has 2 bridgehead atoms. The van der Waals surface area contributed by atoms with E-state index in [1.807, 2.05) is 0 Å². The fourth-order valence-corrected chi connectivity index (χ4v) is 5.27. The van der Waals surface area contributed by atoms with Crippen molar-refractivity contribution >= 4 is 17.0 Å². The number of hydrogen-bond donors (Lipinski definition) is 1. The molecule has 0 radical (unpaired) electrons. The van der Waals surface area contributed by atoms with E-state index in [0.717, 1.165) is 28.8 Å². The summed E-state index contributed by atoms with van der Waals surface area (Å²) in [4.78, 5) is 14.0. The monoisotopic (exact) mass is 311 g/mol. The van der Waals surface area contributed by atoms with Gasteiger partial charge in [-0.25, -0.2) is 15.0 Å². The molecule has 5 nitrogen and oxygen atoms in total. The molecule has 2 aromatic rings. The maximum atomic E-state index is 4.97. The number of aromatic nitrogens is 4. The summed E-state index contributed by atoms with van der Waals surface area (Å²) in [7, 11) is 2.11. The molecule has 3 aliphatic carbocycles. The molecule has 3 aliphatic rings. The van der Waals surface area contributed by atoms with Gasteiger partial charge in [0.1, 0.15) is 12.2 Å². The van der Waals surface area contributed by atoms with Gasteiger partial charge in [0.15, 0.2) is 17.0 Å². The van der Waals surface area contributed by atoms with E-state index in [9.17, 15) is 0 Å². The van der Waals surface area contributed by atoms with E-state index in [1.165, 1.54) is 57.2 Å². The van der Waals surface area contributed by atoms with Gasteiger partial charge in [-0.05, 0) is 43.9 Å². The molecule has 3 saturated carbocycles. The Bertz CT molecular complexity index is 730. The molecule has 0 aromatic carbocycles. The van der Waals surface area contributed by atoms with Crippen molar-refractivity contribution in [3.8, 4) is 0 Å². The van der Waals surface area contributed by atoms with Gasteiger partial charge in [0.25, 0.3) is 0 Å². The van der Waals surface area contributed by atoms with Crippen LogP contribution in [0.3, 0.4) is 0 Å². The van der Waals surface area contributed by atoms with Crippen molar-refractivity contribution in [1.82, 2.24) is 19.5 Å². The van der Waals surface area contributed by atoms with Crippen molar-refractivity contribution < 1.29 is 0 Å². The molecule has 122 valence electrons. The van der Waals surface area contributed by atoms with Gasteiger partial charge in [-0.2, -0.15) is 0 Å². The standard InChI is InChI=1S/C18H25N5/c1-23-17(12-4-2-3-5-12)22-15-16(19-10-20-18(15)23)21-14-9-11-6-7-13(14)8-11/h10-14H,2-9H2,1H3,(H,19,20,21)/t11-,13+,14-/m1/s1. The Morgan fingerprint density at radius 3 is 2.70 bits per heavy atom. The minimum Gasteiger partial charge on any atom is -0.365 e. The number of fused-ring (bicyclic) bond motifs is 3. The molecule has 0 aliphatic heterocycles. The van der Waals surface area contributed by atoms with Crippen molar-refractivity contribution in [2.24, 2.45) is 18.9 Å². The first-order valence-electron chi connectivity index (χ1n) is 9.23. The summed E-state index contributed by atoms with van der Waals surface area (Å²) in [6.07, 6.45) is 12.4. The van der Waals surface area contributed by atoms with Gasteiger partial charge < -0.3 is 9.88 Å². The van der Waals surface area contributed by atoms with Crippen LogP contribution in [0, 0.1) is 11.8 Å². The van der Waals surface area contributed by atoms with E-state index in [1.54, 1.807) is 6.33 Å². The quantitative estimate of drug-likeness (QED) is 0.940. The summed E-state index contributed by atoms with van der Waals surface area (Å²) in [5, 5.41) is 3.72. The van der Waals surface area contributed by atoms with Crippen molar-refractivity contribution in [2.75, 3.05) is 5.32 Å². The maximum Gasteiger partial charge on any atom is 0.165 e. The maximum absolute atomic E-state index is 4.97. The molecule has 0 unspecified atom stereocenters. The van der Waals surface area contributed by atoms with Gasteiger partial charge in [0.05, 0.1) is 0 Å². The van der Waals surface area contributed by atoms with Crippen LogP contribution in [-0.4, -0.2) is 25.6 Å². The van der Waals surface area contributed by atoms with Crippen LogP contribution in [0.15, 0.2) is 6.33 Å². The van der Waals surface area contributed by atoms with Crippen molar-refractivity contribution in [3.63, 3.8) is 0 Å². The lowest BCUT2D eigenvalue weighted by Crippen LogP contribution is -2.26. The predicted octanol–water partition coefficient (Wildman–Crippen LogP) is 3.62. The minimum absolute atomic E-state index is 0.587. The SMILES string of the molecule is Cn1c(C2CCCC2)nc2c(N[C@@H]3C[C@@H]4CC[C@H]3C4)ncnc21. The zero-order chi connectivity index (χ0) is 15.4. The highest BCUT2D eigenvalue weighted by molar-refractivity contribution is 5.83. The highest BCUT2D eigenvalue weighted by atomic mass is 15.2. The number of hydrogen-bond acceptors (Lipinski definition) is 4. The highest BCUT2D eigenvalue weighted by Gasteiger charge is 2.40. The summed E-state index contributed by atoms with van der Waals surface area (Å²) in [6, 6.07) is 0.587. The van der Waals surface area contributed by atoms with Crippen LogP contribution in [-0.2, 0) is 7.05 Å². The Kier molecular flexibility index (Phi) is 3.10. The molecule has 0 spiro atoms. The molecule has 3 atom stereocenters. The summed E-state index contributed by atoms with van der Waals surface area (Å²) < 4.78 is 2.19. The zero-order valence-corrected chi connectivity index (χ0v) is 13.8. The van der Waals surface area contributed by atoms with Gasteiger partial charge in [0, 0.05) is 19.0 Å². The third kappa shape index (κ3) is 2.16. The van der Waals surface area contributed by atoms with Gasteiger partial charge in [-0.3, -0.25) is 0 Å². The lowest BCUT2D eigenvalue weighted by atomic mass is 9.95. The fourth-order valence-electron chi connectivity index (χ4n) is 5.27. The fraction of sp³-hybridized carbons (Fsp3) is 0.722. The molecule has 2 aromatic heterocycles. The number of imidazole rings is 1. The first kappa shape index (κ1) is 13.8. The Morgan fingerprint density at radius 2 is 1.96 bits per heavy atom. The molecular weight excluding hydrogens is 286 g/mol. The van der Waals surface area contributed by atoms with Gasteiger partial charge in [-0.1, -0.05) is 19.3 Å². The molecule has 0 amide bonds. The normalized spacial score (nSPS) is 30.6. The van der Waals surface area contributed by atoms with Crippen molar-refractivity contribution in [3.05, 3.63) is 12.2 Å². The average Bonchev–Trinajstić information content (AvgIpc) is 3.31. The molecule has 1 N–H and O–H groups in total. The predicted molar refractivity (Wildman–Crippen MR) is 90.4 cm³/mol. The van der Waals surface area contributed by atoms with Gasteiger partial charge in [0.2, 0.25) is 0 Å². The van der Waals surface area contributed by atoms with Crippen LogP contribution >= 0.6 is 0 Å². The third-order valence-corrected chi connectivity index (χ3v) is 6.47. The largest absolute Gasteiger partial charge is 0.365 e. The zero-order valence-electron chi connectivity index (χ0n) is 13.8. The topological polar surface area (TPSA) is 55.6 Å². The lowest BCUT2D eigenvalue weighted by molar-refractivity contribution is 0.439. The van der Waals surface area contributed by atoms with E-state index in [-0.39, 0.29) is 0 Å². The van der Waals surface area contributed by atoms with E-state index in [0.29, 0.717) is 12.0 Å². The molecule has 2 heterocycles. The van der Waals surface area contributed by atoms with Crippen LogP contribution in [0.2, 0.25) is 0 Å². The summed E-state index contributed by atoms with van der Waals surface area (Å²) in [5.41, 5.74) is 1.95. The molecule has 5 heteroatoms. The van der Waals surface area contributed by atoms with E-state index >= 15 is 0 Å². The number of rotatable bonds is 3. The van der Waals surface area contributed by atoms with Gasteiger partial charge >= 0.3 is 0 Å². The lowest BCUT2D eigenvalue weighted by Gasteiger charge is -2.23. The van der Waals surface area contributed by atoms with E-state index < -0.39 is 0 Å². The number of nitrogens with one attached hydrogen (secondary N) is 1. The molecular formula is C18H25N5. The third-order valence-electron chi connectivity index (χ3n) is 6.47. The first-order valence-corrected chi connectivity index (χ1v) is 9.23. The Balaban J connectivity index is 1.50. The molecule has 23 heavy (non-hydrogen) atoms. The molecule has 5 rings (SSSR count). The first-order chi connectivity index (χ1) is 11.3.